The number of benzene rings is 3. The lowest BCUT2D eigenvalue weighted by atomic mass is 9.66. The van der Waals surface area contributed by atoms with Gasteiger partial charge in [0.05, 0.1) is 0 Å². The molecule has 0 fully saturated rings. The maximum atomic E-state index is 13.4. The fourth-order valence-electron chi connectivity index (χ4n) is 2.78. The minimum Gasteiger partial charge on any atom is -0.405 e. The molecule has 0 atom stereocenters. The van der Waals surface area contributed by atoms with Crippen molar-refractivity contribution < 1.29 is 4.39 Å². The molecule has 0 aromatic heterocycles. The third kappa shape index (κ3) is 1.73. The zero-order valence-electron chi connectivity index (χ0n) is 10.7. The van der Waals surface area contributed by atoms with E-state index in [4.69, 9.17) is 0 Å². The maximum Gasteiger partial charge on any atom is 0.406 e. The van der Waals surface area contributed by atoms with Gasteiger partial charge in [0.15, 0.2) is 0 Å². The van der Waals surface area contributed by atoms with Crippen molar-refractivity contribution in [3.8, 4) is 0 Å². The lowest BCUT2D eigenvalue weighted by Gasteiger charge is -2.26. The van der Waals surface area contributed by atoms with E-state index in [1.165, 1.54) is 16.8 Å². The Morgan fingerprint density at radius 3 is 2.10 bits per heavy atom. The average Bonchev–Trinajstić information content (AvgIpc) is 2.48. The number of anilines is 2. The molecule has 1 heterocycles. The standard InChI is InChI=1S/C16H12BFN2/c18-13-7-3-6-12(10-13)17-19-14-8-1-4-11-5-2-9-15(20-17)16(11)14/h1-10,19-20H. The van der Waals surface area contributed by atoms with E-state index in [0.717, 1.165) is 16.8 Å². The van der Waals surface area contributed by atoms with Crippen LogP contribution in [-0.4, -0.2) is 6.98 Å². The highest BCUT2D eigenvalue weighted by molar-refractivity contribution is 6.80. The Morgan fingerprint density at radius 2 is 1.45 bits per heavy atom. The van der Waals surface area contributed by atoms with Crippen LogP contribution in [0.15, 0.2) is 60.7 Å². The number of nitrogens with one attached hydrogen (secondary N) is 2. The quantitative estimate of drug-likeness (QED) is 0.658. The highest BCUT2D eigenvalue weighted by Crippen LogP contribution is 2.33. The van der Waals surface area contributed by atoms with E-state index in [1.807, 2.05) is 18.2 Å². The summed E-state index contributed by atoms with van der Waals surface area (Å²) >= 11 is 0. The van der Waals surface area contributed by atoms with Crippen molar-refractivity contribution in [1.29, 1.82) is 0 Å². The molecule has 0 radical (unpaired) electrons. The summed E-state index contributed by atoms with van der Waals surface area (Å²) < 4.78 is 13.4. The van der Waals surface area contributed by atoms with Crippen molar-refractivity contribution in [3.63, 3.8) is 0 Å². The van der Waals surface area contributed by atoms with Crippen molar-refractivity contribution in [1.82, 2.24) is 0 Å². The van der Waals surface area contributed by atoms with Gasteiger partial charge < -0.3 is 10.5 Å². The molecular formula is C16H12BFN2. The lowest BCUT2D eigenvalue weighted by molar-refractivity contribution is 0.629. The van der Waals surface area contributed by atoms with Crippen molar-refractivity contribution in [2.24, 2.45) is 0 Å². The van der Waals surface area contributed by atoms with Crippen LogP contribution >= 0.6 is 0 Å². The molecule has 1 aliphatic rings. The predicted octanol–water partition coefficient (Wildman–Crippen LogP) is 3.21. The van der Waals surface area contributed by atoms with Crippen molar-refractivity contribution in [2.75, 3.05) is 10.5 Å². The Labute approximate surface area is 116 Å². The van der Waals surface area contributed by atoms with Crippen LogP contribution in [0.2, 0.25) is 0 Å². The van der Waals surface area contributed by atoms with Crippen LogP contribution in [0, 0.1) is 5.82 Å². The molecule has 20 heavy (non-hydrogen) atoms. The van der Waals surface area contributed by atoms with Gasteiger partial charge in [-0.05, 0) is 35.1 Å². The summed E-state index contributed by atoms with van der Waals surface area (Å²) in [5, 5.41) is 9.23. The minimum absolute atomic E-state index is 0.119. The van der Waals surface area contributed by atoms with E-state index in [1.54, 1.807) is 12.1 Å². The Morgan fingerprint density at radius 1 is 0.800 bits per heavy atom. The molecule has 0 saturated heterocycles. The van der Waals surface area contributed by atoms with Gasteiger partial charge in [0, 0.05) is 16.8 Å². The van der Waals surface area contributed by atoms with Crippen LogP contribution in [0.3, 0.4) is 0 Å². The van der Waals surface area contributed by atoms with Crippen molar-refractivity contribution in [2.45, 2.75) is 0 Å². The average molecular weight is 262 g/mol. The maximum absolute atomic E-state index is 13.4. The molecule has 4 heteroatoms. The smallest absolute Gasteiger partial charge is 0.405 e. The third-order valence-electron chi connectivity index (χ3n) is 3.69. The first-order valence-corrected chi connectivity index (χ1v) is 6.61. The van der Waals surface area contributed by atoms with E-state index in [9.17, 15) is 4.39 Å². The molecule has 3 aromatic rings. The van der Waals surface area contributed by atoms with Gasteiger partial charge in [0.2, 0.25) is 0 Å². The van der Waals surface area contributed by atoms with Gasteiger partial charge in [-0.1, -0.05) is 36.4 Å². The molecule has 96 valence electrons. The zero-order chi connectivity index (χ0) is 13.5. The normalized spacial score (nSPS) is 12.9. The molecule has 1 aliphatic heterocycles. The van der Waals surface area contributed by atoms with E-state index in [-0.39, 0.29) is 12.8 Å². The second kappa shape index (κ2) is 4.27. The van der Waals surface area contributed by atoms with Crippen LogP contribution in [0.5, 0.6) is 0 Å². The molecule has 0 amide bonds. The molecule has 0 aliphatic carbocycles. The summed E-state index contributed by atoms with van der Waals surface area (Å²) in [6, 6.07) is 19.0. The molecule has 0 bridgehead atoms. The molecule has 0 saturated carbocycles. The summed E-state index contributed by atoms with van der Waals surface area (Å²) in [7, 11) is 0. The highest BCUT2D eigenvalue weighted by atomic mass is 19.1. The fourth-order valence-corrected chi connectivity index (χ4v) is 2.78. The first kappa shape index (κ1) is 11.4. The second-order valence-corrected chi connectivity index (χ2v) is 4.99. The van der Waals surface area contributed by atoms with Gasteiger partial charge in [-0.2, -0.15) is 0 Å². The van der Waals surface area contributed by atoms with E-state index >= 15 is 0 Å². The molecule has 0 unspecified atom stereocenters. The molecule has 4 rings (SSSR count). The van der Waals surface area contributed by atoms with E-state index < -0.39 is 0 Å². The SMILES string of the molecule is Fc1cccc(B2Nc3cccc4cccc(c34)N2)c1. The summed E-state index contributed by atoms with van der Waals surface area (Å²) in [4.78, 5) is 0. The zero-order valence-corrected chi connectivity index (χ0v) is 10.7. The Hall–Kier alpha value is -2.49. The van der Waals surface area contributed by atoms with Crippen LogP contribution in [0.1, 0.15) is 0 Å². The van der Waals surface area contributed by atoms with E-state index in [2.05, 4.69) is 34.7 Å². The first-order chi connectivity index (χ1) is 9.81. The van der Waals surface area contributed by atoms with Gasteiger partial charge in [0.1, 0.15) is 5.82 Å². The summed E-state index contributed by atoms with van der Waals surface area (Å²) in [5.74, 6) is -0.219. The summed E-state index contributed by atoms with van der Waals surface area (Å²) in [6.45, 7) is -0.119. The van der Waals surface area contributed by atoms with Gasteiger partial charge in [-0.15, -0.1) is 0 Å². The molecule has 2 nitrogen and oxygen atoms in total. The molecular weight excluding hydrogens is 250 g/mol. The largest absolute Gasteiger partial charge is 0.406 e. The van der Waals surface area contributed by atoms with Crippen LogP contribution in [-0.2, 0) is 0 Å². The topological polar surface area (TPSA) is 24.1 Å². The molecule has 3 aromatic carbocycles. The summed E-state index contributed by atoms with van der Waals surface area (Å²) in [6.07, 6.45) is 0. The lowest BCUT2D eigenvalue weighted by Crippen LogP contribution is -2.47. The Balaban J connectivity index is 1.83. The van der Waals surface area contributed by atoms with Gasteiger partial charge in [0.25, 0.3) is 0 Å². The van der Waals surface area contributed by atoms with Gasteiger partial charge in [-0.25, -0.2) is 4.39 Å². The fraction of sp³-hybridized carbons (Fsp3) is 0. The molecule has 0 spiro atoms. The van der Waals surface area contributed by atoms with Crippen molar-refractivity contribution in [3.05, 3.63) is 66.5 Å². The third-order valence-corrected chi connectivity index (χ3v) is 3.69. The summed E-state index contributed by atoms with van der Waals surface area (Å²) in [5.41, 5.74) is 3.04. The minimum atomic E-state index is -0.219. The number of hydrogen-bond donors (Lipinski definition) is 2. The Kier molecular flexibility index (Phi) is 2.42. The van der Waals surface area contributed by atoms with Crippen molar-refractivity contribution >= 4 is 34.6 Å². The van der Waals surface area contributed by atoms with Gasteiger partial charge in [-0.3, -0.25) is 0 Å². The number of halogens is 1. The highest BCUT2D eigenvalue weighted by Gasteiger charge is 2.25. The monoisotopic (exact) mass is 262 g/mol. The number of rotatable bonds is 1. The van der Waals surface area contributed by atoms with Crippen LogP contribution < -0.4 is 15.9 Å². The first-order valence-electron chi connectivity index (χ1n) is 6.61. The predicted molar refractivity (Wildman–Crippen MR) is 83.0 cm³/mol. The van der Waals surface area contributed by atoms with Crippen LogP contribution in [0.25, 0.3) is 10.8 Å². The second-order valence-electron chi connectivity index (χ2n) is 4.99. The van der Waals surface area contributed by atoms with Gasteiger partial charge >= 0.3 is 6.98 Å². The number of hydrogen-bond acceptors (Lipinski definition) is 2. The van der Waals surface area contributed by atoms with Crippen LogP contribution in [0.4, 0.5) is 15.8 Å². The molecule has 2 N–H and O–H groups in total. The van der Waals surface area contributed by atoms with E-state index in [0.29, 0.717) is 0 Å². The Bertz CT molecular complexity index is 763.